The van der Waals surface area contributed by atoms with Crippen LogP contribution in [0.5, 0.6) is 5.75 Å². The number of fused-ring (bicyclic) bond motifs is 7. The van der Waals surface area contributed by atoms with Crippen molar-refractivity contribution >= 4 is 22.7 Å². The van der Waals surface area contributed by atoms with Gasteiger partial charge in [0.25, 0.3) is 5.91 Å². The normalized spacial score (nSPS) is 27.4. The minimum Gasteiger partial charge on any atom is -0.497 e. The van der Waals surface area contributed by atoms with Gasteiger partial charge in [0.15, 0.2) is 0 Å². The molecule has 2 aromatic carbocycles. The van der Waals surface area contributed by atoms with Crippen LogP contribution in [0.3, 0.4) is 0 Å². The largest absolute Gasteiger partial charge is 0.497 e. The number of benzene rings is 2. The fourth-order valence-electron chi connectivity index (χ4n) is 8.29. The molecule has 0 spiro atoms. The van der Waals surface area contributed by atoms with Crippen molar-refractivity contribution < 1.29 is 19.5 Å². The van der Waals surface area contributed by atoms with Crippen molar-refractivity contribution in [1.82, 2.24) is 20.3 Å². The first-order valence-electron chi connectivity index (χ1n) is 15.2. The standard InChI is InChI=1S/C33H40N4O4/c1-19-16-36(17-20(2)34-19)32(39)33-15-27(33)26-14-23(41-3)10-12-24(26)30-29(21-7-5-4-6-8-21)25-11-9-22(31(38)35-40)13-28(25)37(30)18-33/h9-14,19-21,27,34,40H,4-8,15-18H2,1-3H3,(H,35,38)/t19-,20+,27?,33?. The molecular weight excluding hydrogens is 516 g/mol. The van der Waals surface area contributed by atoms with Gasteiger partial charge in [-0.15, -0.1) is 0 Å². The molecule has 41 heavy (non-hydrogen) atoms. The molecule has 0 bridgehead atoms. The number of nitrogens with zero attached hydrogens (tertiary/aromatic N) is 2. The average Bonchev–Trinajstić information content (AvgIpc) is 3.66. The summed E-state index contributed by atoms with van der Waals surface area (Å²) >= 11 is 0. The molecule has 8 nitrogen and oxygen atoms in total. The van der Waals surface area contributed by atoms with Crippen LogP contribution in [0, 0.1) is 5.41 Å². The number of methoxy groups -OCH3 is 1. The third-order valence-electron chi connectivity index (χ3n) is 10.2. The Hall–Kier alpha value is -3.36. The number of hydrogen-bond acceptors (Lipinski definition) is 5. The molecule has 1 aromatic heterocycles. The van der Waals surface area contributed by atoms with Crippen LogP contribution in [0.15, 0.2) is 36.4 Å². The molecule has 3 heterocycles. The number of piperazine rings is 1. The van der Waals surface area contributed by atoms with Gasteiger partial charge >= 0.3 is 0 Å². The van der Waals surface area contributed by atoms with Gasteiger partial charge < -0.3 is 19.5 Å². The maximum absolute atomic E-state index is 14.6. The molecule has 3 fully saturated rings. The minimum atomic E-state index is -0.547. The molecule has 7 rings (SSSR count). The first-order valence-corrected chi connectivity index (χ1v) is 15.2. The lowest BCUT2D eigenvalue weighted by Crippen LogP contribution is -2.57. The first-order chi connectivity index (χ1) is 19.8. The Balaban J connectivity index is 1.46. The zero-order chi connectivity index (χ0) is 28.5. The van der Waals surface area contributed by atoms with Gasteiger partial charge in [-0.1, -0.05) is 25.3 Å². The predicted octanol–water partition coefficient (Wildman–Crippen LogP) is 5.18. The molecule has 2 saturated carbocycles. The second-order valence-corrected chi connectivity index (χ2v) is 12.9. The molecule has 3 aromatic rings. The van der Waals surface area contributed by atoms with Crippen LogP contribution in [0.1, 0.15) is 85.7 Å². The summed E-state index contributed by atoms with van der Waals surface area (Å²) in [6.45, 7) is 6.27. The van der Waals surface area contributed by atoms with Crippen molar-refractivity contribution in [2.75, 3.05) is 20.2 Å². The molecule has 3 N–H and O–H groups in total. The van der Waals surface area contributed by atoms with Crippen LogP contribution in [-0.2, 0) is 11.3 Å². The summed E-state index contributed by atoms with van der Waals surface area (Å²) in [4.78, 5) is 29.2. The smallest absolute Gasteiger partial charge is 0.274 e. The Morgan fingerprint density at radius 2 is 1.80 bits per heavy atom. The summed E-state index contributed by atoms with van der Waals surface area (Å²) in [5.74, 6) is 1.05. The molecule has 2 aliphatic carbocycles. The molecule has 1 saturated heterocycles. The third-order valence-corrected chi connectivity index (χ3v) is 10.2. The van der Waals surface area contributed by atoms with E-state index in [1.807, 2.05) is 18.2 Å². The summed E-state index contributed by atoms with van der Waals surface area (Å²) in [6.07, 6.45) is 6.76. The fourth-order valence-corrected chi connectivity index (χ4v) is 8.29. The Morgan fingerprint density at radius 1 is 1.05 bits per heavy atom. The molecule has 216 valence electrons. The van der Waals surface area contributed by atoms with Gasteiger partial charge in [0.2, 0.25) is 5.91 Å². The van der Waals surface area contributed by atoms with Crippen molar-refractivity contribution in [1.29, 1.82) is 0 Å². The molecule has 8 heteroatoms. The Morgan fingerprint density at radius 3 is 2.51 bits per heavy atom. The zero-order valence-electron chi connectivity index (χ0n) is 24.2. The van der Waals surface area contributed by atoms with Crippen LogP contribution in [0.25, 0.3) is 22.2 Å². The van der Waals surface area contributed by atoms with E-state index in [-0.39, 0.29) is 23.9 Å². The van der Waals surface area contributed by atoms with E-state index in [0.717, 1.165) is 35.9 Å². The van der Waals surface area contributed by atoms with E-state index < -0.39 is 11.3 Å². The highest BCUT2D eigenvalue weighted by Gasteiger charge is 2.64. The third kappa shape index (κ3) is 4.17. The van der Waals surface area contributed by atoms with Crippen molar-refractivity contribution in [3.63, 3.8) is 0 Å². The van der Waals surface area contributed by atoms with Crippen LogP contribution in [0.2, 0.25) is 0 Å². The number of ether oxygens (including phenoxy) is 1. The fraction of sp³-hybridized carbons (Fsp3) is 0.515. The quantitative estimate of drug-likeness (QED) is 0.304. The van der Waals surface area contributed by atoms with E-state index >= 15 is 0 Å². The minimum absolute atomic E-state index is 0.110. The number of nitrogens with one attached hydrogen (secondary N) is 2. The maximum Gasteiger partial charge on any atom is 0.274 e. The lowest BCUT2D eigenvalue weighted by molar-refractivity contribution is -0.139. The van der Waals surface area contributed by atoms with E-state index in [1.165, 1.54) is 41.6 Å². The van der Waals surface area contributed by atoms with Crippen molar-refractivity contribution in [3.05, 3.63) is 53.1 Å². The van der Waals surface area contributed by atoms with Crippen molar-refractivity contribution in [2.45, 2.75) is 82.8 Å². The van der Waals surface area contributed by atoms with E-state index in [0.29, 0.717) is 31.1 Å². The molecule has 2 unspecified atom stereocenters. The summed E-state index contributed by atoms with van der Waals surface area (Å²) < 4.78 is 8.04. The van der Waals surface area contributed by atoms with Crippen LogP contribution < -0.4 is 15.5 Å². The molecular formula is C33H40N4O4. The molecule has 4 atom stereocenters. The van der Waals surface area contributed by atoms with E-state index in [1.54, 1.807) is 18.7 Å². The van der Waals surface area contributed by atoms with E-state index in [9.17, 15) is 14.8 Å². The second-order valence-electron chi connectivity index (χ2n) is 12.9. The van der Waals surface area contributed by atoms with Gasteiger partial charge in [-0.05, 0) is 80.5 Å². The van der Waals surface area contributed by atoms with Gasteiger partial charge in [0, 0.05) is 59.7 Å². The Bertz CT molecular complexity index is 1530. The summed E-state index contributed by atoms with van der Waals surface area (Å²) in [6, 6.07) is 12.6. The van der Waals surface area contributed by atoms with E-state index in [4.69, 9.17) is 4.74 Å². The SMILES string of the molecule is COc1ccc2c(c1)C1CC1(C(=O)N1C[C@@H](C)N[C@@H](C)C1)Cn1c-2c(C2CCCCC2)c2ccc(C(=O)NO)cc21. The number of hydroxylamine groups is 1. The topological polar surface area (TPSA) is 95.8 Å². The van der Waals surface area contributed by atoms with Crippen LogP contribution >= 0.6 is 0 Å². The van der Waals surface area contributed by atoms with Gasteiger partial charge in [0.1, 0.15) is 5.75 Å². The number of carbonyl (C=O) groups excluding carboxylic acids is 2. The summed E-state index contributed by atoms with van der Waals surface area (Å²) in [7, 11) is 1.70. The first kappa shape index (κ1) is 26.5. The monoisotopic (exact) mass is 556 g/mol. The highest BCUT2D eigenvalue weighted by atomic mass is 16.5. The van der Waals surface area contributed by atoms with E-state index in [2.05, 4.69) is 40.8 Å². The van der Waals surface area contributed by atoms with Gasteiger partial charge in [-0.25, -0.2) is 5.48 Å². The number of aromatic nitrogens is 1. The number of amides is 2. The second kappa shape index (κ2) is 9.88. The molecule has 2 aliphatic heterocycles. The van der Waals surface area contributed by atoms with Crippen LogP contribution in [0.4, 0.5) is 0 Å². The lowest BCUT2D eigenvalue weighted by Gasteiger charge is -2.38. The highest BCUT2D eigenvalue weighted by Crippen LogP contribution is 2.66. The van der Waals surface area contributed by atoms with Crippen LogP contribution in [-0.4, -0.2) is 58.8 Å². The average molecular weight is 557 g/mol. The number of hydrogen-bond donors (Lipinski definition) is 3. The summed E-state index contributed by atoms with van der Waals surface area (Å²) in [5, 5.41) is 14.1. The van der Waals surface area contributed by atoms with Gasteiger partial charge in [-0.2, -0.15) is 0 Å². The van der Waals surface area contributed by atoms with Crippen molar-refractivity contribution in [3.8, 4) is 17.0 Å². The molecule has 4 aliphatic rings. The van der Waals surface area contributed by atoms with Crippen molar-refractivity contribution in [2.24, 2.45) is 5.41 Å². The maximum atomic E-state index is 14.6. The van der Waals surface area contributed by atoms with Gasteiger partial charge in [0.05, 0.1) is 18.2 Å². The summed E-state index contributed by atoms with van der Waals surface area (Å²) in [5.41, 5.74) is 7.53. The Kier molecular flexibility index (Phi) is 6.39. The Labute approximate surface area is 241 Å². The lowest BCUT2D eigenvalue weighted by atomic mass is 9.81. The molecule has 0 radical (unpaired) electrons. The molecule has 2 amide bonds. The zero-order valence-corrected chi connectivity index (χ0v) is 24.2. The number of rotatable bonds is 4. The highest BCUT2D eigenvalue weighted by molar-refractivity contribution is 6.01. The van der Waals surface area contributed by atoms with Gasteiger partial charge in [-0.3, -0.25) is 14.8 Å². The predicted molar refractivity (Wildman–Crippen MR) is 157 cm³/mol. The number of carbonyl (C=O) groups is 2.